The van der Waals surface area contributed by atoms with E-state index in [0.29, 0.717) is 12.4 Å². The number of methoxy groups -OCH3 is 1. The zero-order valence-corrected chi connectivity index (χ0v) is 8.20. The molecule has 0 N–H and O–H groups in total. The molecule has 78 valence electrons. The SMILES string of the molecule is COC(=O)c1ccn(Cn2cccn2)n1. The predicted octanol–water partition coefficient (Wildman–Crippen LogP) is 0.372. The van der Waals surface area contributed by atoms with Crippen LogP contribution in [-0.4, -0.2) is 32.6 Å². The first-order chi connectivity index (χ1) is 7.29. The Morgan fingerprint density at radius 2 is 2.33 bits per heavy atom. The summed E-state index contributed by atoms with van der Waals surface area (Å²) in [6.45, 7) is 0.476. The lowest BCUT2D eigenvalue weighted by atomic mass is 10.4. The van der Waals surface area contributed by atoms with Gasteiger partial charge in [0.2, 0.25) is 0 Å². The molecule has 0 atom stereocenters. The van der Waals surface area contributed by atoms with Crippen molar-refractivity contribution in [3.63, 3.8) is 0 Å². The lowest BCUT2D eigenvalue weighted by Gasteiger charge is -2.00. The van der Waals surface area contributed by atoms with Gasteiger partial charge in [-0.15, -0.1) is 0 Å². The molecular weight excluding hydrogens is 196 g/mol. The molecule has 0 aliphatic heterocycles. The van der Waals surface area contributed by atoms with E-state index in [0.717, 1.165) is 0 Å². The average Bonchev–Trinajstić information content (AvgIpc) is 2.88. The van der Waals surface area contributed by atoms with Crippen LogP contribution in [0.25, 0.3) is 0 Å². The molecule has 0 unspecified atom stereocenters. The van der Waals surface area contributed by atoms with E-state index in [9.17, 15) is 4.79 Å². The molecule has 15 heavy (non-hydrogen) atoms. The van der Waals surface area contributed by atoms with Gasteiger partial charge in [0.15, 0.2) is 5.69 Å². The van der Waals surface area contributed by atoms with Crippen LogP contribution in [0.15, 0.2) is 30.7 Å². The molecule has 0 saturated heterocycles. The van der Waals surface area contributed by atoms with Crippen molar-refractivity contribution >= 4 is 5.97 Å². The fourth-order valence-electron chi connectivity index (χ4n) is 1.19. The van der Waals surface area contributed by atoms with Crippen LogP contribution >= 0.6 is 0 Å². The smallest absolute Gasteiger partial charge is 0.358 e. The third kappa shape index (κ3) is 2.04. The highest BCUT2D eigenvalue weighted by Crippen LogP contribution is 1.98. The molecule has 6 heteroatoms. The van der Waals surface area contributed by atoms with Gasteiger partial charge in [-0.3, -0.25) is 9.36 Å². The van der Waals surface area contributed by atoms with E-state index >= 15 is 0 Å². The standard InChI is InChI=1S/C9H10N4O2/c1-15-9(14)8-3-6-13(11-8)7-12-5-2-4-10-12/h2-6H,7H2,1H3. The lowest BCUT2D eigenvalue weighted by Crippen LogP contribution is -2.10. The Labute approximate surface area is 86.1 Å². The summed E-state index contributed by atoms with van der Waals surface area (Å²) in [6, 6.07) is 3.43. The normalized spacial score (nSPS) is 10.2. The summed E-state index contributed by atoms with van der Waals surface area (Å²) in [5, 5.41) is 8.06. The number of nitrogens with zero attached hydrogens (tertiary/aromatic N) is 4. The third-order valence-electron chi connectivity index (χ3n) is 1.88. The van der Waals surface area contributed by atoms with Crippen molar-refractivity contribution in [2.45, 2.75) is 6.67 Å². The van der Waals surface area contributed by atoms with Crippen molar-refractivity contribution in [3.8, 4) is 0 Å². The number of rotatable bonds is 3. The molecule has 2 rings (SSSR count). The molecule has 0 amide bonds. The Bertz CT molecular complexity index is 446. The number of esters is 1. The summed E-state index contributed by atoms with van der Waals surface area (Å²) in [5.41, 5.74) is 0.296. The van der Waals surface area contributed by atoms with E-state index in [2.05, 4.69) is 14.9 Å². The van der Waals surface area contributed by atoms with E-state index < -0.39 is 5.97 Å². The minimum atomic E-state index is -0.436. The predicted molar refractivity (Wildman–Crippen MR) is 51.2 cm³/mol. The van der Waals surface area contributed by atoms with Gasteiger partial charge >= 0.3 is 5.97 Å². The quantitative estimate of drug-likeness (QED) is 0.681. The number of ether oxygens (including phenoxy) is 1. The van der Waals surface area contributed by atoms with E-state index in [4.69, 9.17) is 0 Å². The largest absolute Gasteiger partial charge is 0.464 e. The van der Waals surface area contributed by atoms with Crippen LogP contribution in [0.2, 0.25) is 0 Å². The maximum absolute atomic E-state index is 11.1. The van der Waals surface area contributed by atoms with Crippen LogP contribution in [0.3, 0.4) is 0 Å². The van der Waals surface area contributed by atoms with Crippen LogP contribution in [0.4, 0.5) is 0 Å². The van der Waals surface area contributed by atoms with Crippen LogP contribution < -0.4 is 0 Å². The summed E-state index contributed by atoms with van der Waals surface area (Å²) >= 11 is 0. The highest BCUT2D eigenvalue weighted by atomic mass is 16.5. The summed E-state index contributed by atoms with van der Waals surface area (Å²) in [6.07, 6.45) is 5.21. The van der Waals surface area contributed by atoms with Gasteiger partial charge in [-0.1, -0.05) is 0 Å². The van der Waals surface area contributed by atoms with Crippen LogP contribution in [0.5, 0.6) is 0 Å². The molecule has 2 aromatic rings. The number of aromatic nitrogens is 4. The highest BCUT2D eigenvalue weighted by Gasteiger charge is 2.08. The zero-order chi connectivity index (χ0) is 10.7. The average molecular weight is 206 g/mol. The van der Waals surface area contributed by atoms with Crippen LogP contribution in [-0.2, 0) is 11.4 Å². The first-order valence-electron chi connectivity index (χ1n) is 4.39. The second-order valence-corrected chi connectivity index (χ2v) is 2.92. The van der Waals surface area contributed by atoms with E-state index in [1.165, 1.54) is 7.11 Å². The van der Waals surface area contributed by atoms with Gasteiger partial charge in [-0.2, -0.15) is 10.2 Å². The molecular formula is C9H10N4O2. The van der Waals surface area contributed by atoms with Gasteiger partial charge in [0.1, 0.15) is 6.67 Å². The summed E-state index contributed by atoms with van der Waals surface area (Å²) in [5.74, 6) is -0.436. The number of carbonyl (C=O) groups excluding carboxylic acids is 1. The van der Waals surface area contributed by atoms with Crippen molar-refractivity contribution in [1.29, 1.82) is 0 Å². The Hall–Kier alpha value is -2.11. The Balaban J connectivity index is 2.11. The first-order valence-corrected chi connectivity index (χ1v) is 4.39. The number of carbonyl (C=O) groups is 1. The molecule has 6 nitrogen and oxygen atoms in total. The van der Waals surface area contributed by atoms with Crippen molar-refractivity contribution in [1.82, 2.24) is 19.6 Å². The van der Waals surface area contributed by atoms with Crippen LogP contribution in [0, 0.1) is 0 Å². The molecule has 0 aromatic carbocycles. The van der Waals surface area contributed by atoms with Crippen LogP contribution in [0.1, 0.15) is 10.5 Å². The van der Waals surface area contributed by atoms with Gasteiger partial charge in [-0.05, 0) is 12.1 Å². The molecule has 0 aliphatic rings. The van der Waals surface area contributed by atoms with Gasteiger partial charge in [0, 0.05) is 18.6 Å². The maximum atomic E-state index is 11.1. The first kappa shape index (κ1) is 9.45. The number of hydrogen-bond acceptors (Lipinski definition) is 4. The zero-order valence-electron chi connectivity index (χ0n) is 8.20. The topological polar surface area (TPSA) is 61.9 Å². The van der Waals surface area contributed by atoms with Gasteiger partial charge < -0.3 is 4.74 Å². The number of hydrogen-bond donors (Lipinski definition) is 0. The molecule has 0 spiro atoms. The minimum Gasteiger partial charge on any atom is -0.464 e. The molecule has 0 bridgehead atoms. The van der Waals surface area contributed by atoms with Crippen molar-refractivity contribution < 1.29 is 9.53 Å². The van der Waals surface area contributed by atoms with Crippen molar-refractivity contribution in [2.24, 2.45) is 0 Å². The Morgan fingerprint density at radius 3 is 3.00 bits per heavy atom. The molecule has 0 saturated carbocycles. The lowest BCUT2D eigenvalue weighted by molar-refractivity contribution is 0.0593. The minimum absolute atomic E-state index is 0.296. The molecule has 0 aliphatic carbocycles. The van der Waals surface area contributed by atoms with Crippen molar-refractivity contribution in [2.75, 3.05) is 7.11 Å². The second kappa shape index (κ2) is 3.95. The highest BCUT2D eigenvalue weighted by molar-refractivity contribution is 5.86. The molecule has 0 radical (unpaired) electrons. The third-order valence-corrected chi connectivity index (χ3v) is 1.88. The van der Waals surface area contributed by atoms with E-state index in [-0.39, 0.29) is 0 Å². The van der Waals surface area contributed by atoms with Gasteiger partial charge in [-0.25, -0.2) is 4.79 Å². The second-order valence-electron chi connectivity index (χ2n) is 2.92. The Morgan fingerprint density at radius 1 is 1.47 bits per heavy atom. The van der Waals surface area contributed by atoms with Gasteiger partial charge in [0.25, 0.3) is 0 Å². The van der Waals surface area contributed by atoms with E-state index in [1.807, 2.05) is 12.3 Å². The van der Waals surface area contributed by atoms with E-state index in [1.54, 1.807) is 27.8 Å². The molecule has 2 heterocycles. The molecule has 0 fully saturated rings. The fraction of sp³-hybridized carbons (Fsp3) is 0.222. The van der Waals surface area contributed by atoms with Gasteiger partial charge in [0.05, 0.1) is 7.11 Å². The summed E-state index contributed by atoms with van der Waals surface area (Å²) < 4.78 is 7.86. The summed E-state index contributed by atoms with van der Waals surface area (Å²) in [7, 11) is 1.33. The maximum Gasteiger partial charge on any atom is 0.358 e. The fourth-order valence-corrected chi connectivity index (χ4v) is 1.19. The Kier molecular flexibility index (Phi) is 2.49. The molecule has 2 aromatic heterocycles. The monoisotopic (exact) mass is 206 g/mol. The summed E-state index contributed by atoms with van der Waals surface area (Å²) in [4.78, 5) is 11.1. The van der Waals surface area contributed by atoms with Crippen molar-refractivity contribution in [3.05, 3.63) is 36.4 Å².